The Labute approximate surface area is 206 Å². The van der Waals surface area contributed by atoms with Crippen molar-refractivity contribution in [1.82, 2.24) is 19.9 Å². The minimum absolute atomic E-state index is 0.121. The monoisotopic (exact) mass is 486 g/mol. The van der Waals surface area contributed by atoms with E-state index in [2.05, 4.69) is 25.3 Å². The molecule has 0 aliphatic carbocycles. The Kier molecular flexibility index (Phi) is 5.71. The molecule has 36 heavy (non-hydrogen) atoms. The predicted molar refractivity (Wildman–Crippen MR) is 137 cm³/mol. The van der Waals surface area contributed by atoms with Crippen molar-refractivity contribution < 1.29 is 18.7 Å². The predicted octanol–water partition coefficient (Wildman–Crippen LogP) is 5.02. The van der Waals surface area contributed by atoms with Crippen LogP contribution in [0.5, 0.6) is 11.6 Å². The average molecular weight is 487 g/mol. The number of rotatable bonds is 7. The van der Waals surface area contributed by atoms with Gasteiger partial charge in [0.25, 0.3) is 0 Å². The van der Waals surface area contributed by atoms with Crippen LogP contribution in [0, 0.1) is 13.8 Å². The topological polar surface area (TPSA) is 141 Å². The van der Waals surface area contributed by atoms with Crippen molar-refractivity contribution in [3.8, 4) is 22.8 Å². The van der Waals surface area contributed by atoms with Gasteiger partial charge >= 0.3 is 0 Å². The van der Waals surface area contributed by atoms with Crippen LogP contribution in [0.25, 0.3) is 33.3 Å². The number of hydrogen-bond donors (Lipinski definition) is 3. The van der Waals surface area contributed by atoms with Crippen molar-refractivity contribution in [2.24, 2.45) is 5.73 Å². The van der Waals surface area contributed by atoms with Crippen LogP contribution in [0.4, 0.5) is 11.6 Å². The summed E-state index contributed by atoms with van der Waals surface area (Å²) in [7, 11) is 1.53. The van der Waals surface area contributed by atoms with E-state index in [0.29, 0.717) is 51.5 Å². The highest BCUT2D eigenvalue weighted by Crippen LogP contribution is 2.38. The van der Waals surface area contributed by atoms with Crippen molar-refractivity contribution >= 4 is 39.7 Å². The Morgan fingerprint density at radius 3 is 2.67 bits per heavy atom. The Bertz CT molecular complexity index is 1620. The Morgan fingerprint density at radius 2 is 1.94 bits per heavy atom. The number of amides is 1. The Balaban J connectivity index is 1.61. The van der Waals surface area contributed by atoms with Gasteiger partial charge < -0.3 is 29.9 Å². The van der Waals surface area contributed by atoms with Crippen LogP contribution < -0.4 is 20.5 Å². The highest BCUT2D eigenvalue weighted by Gasteiger charge is 2.20. The lowest BCUT2D eigenvalue weighted by molar-refractivity contribution is 0.0999. The summed E-state index contributed by atoms with van der Waals surface area (Å²) in [6, 6.07) is 9.19. The molecule has 0 atom stereocenters. The lowest BCUT2D eigenvalue weighted by Crippen LogP contribution is -2.14. The standard InChI is InChI=1S/C26H26N6O4/c1-12(2)35-25-21-17(15-6-8-18-20(10-15)36-14(4)29-18)11-28-24(21)31-26(32-25)30-19-9-7-16(23(27)33)13(3)22(19)34-5/h6-12H,1-5H3,(H2,27,33)(H2,28,30,31,32). The van der Waals surface area contributed by atoms with Gasteiger partial charge in [-0.15, -0.1) is 0 Å². The van der Waals surface area contributed by atoms with Crippen molar-refractivity contribution in [3.63, 3.8) is 0 Å². The Hall–Kier alpha value is -4.60. The molecule has 3 heterocycles. The van der Waals surface area contributed by atoms with E-state index in [1.807, 2.05) is 45.2 Å². The summed E-state index contributed by atoms with van der Waals surface area (Å²) in [5.41, 5.74) is 11.0. The lowest BCUT2D eigenvalue weighted by Gasteiger charge is -2.16. The molecule has 0 saturated heterocycles. The van der Waals surface area contributed by atoms with E-state index in [1.165, 1.54) is 7.11 Å². The highest BCUT2D eigenvalue weighted by molar-refractivity contribution is 5.99. The minimum Gasteiger partial charge on any atom is -0.494 e. The molecule has 0 radical (unpaired) electrons. The number of aromatic nitrogens is 4. The van der Waals surface area contributed by atoms with Gasteiger partial charge in [-0.3, -0.25) is 4.79 Å². The van der Waals surface area contributed by atoms with Gasteiger partial charge in [0.1, 0.15) is 16.9 Å². The summed E-state index contributed by atoms with van der Waals surface area (Å²) in [4.78, 5) is 28.7. The molecule has 184 valence electrons. The number of hydrogen-bond acceptors (Lipinski definition) is 8. The van der Waals surface area contributed by atoms with Crippen LogP contribution in [0.3, 0.4) is 0 Å². The van der Waals surface area contributed by atoms with Crippen molar-refractivity contribution in [2.75, 3.05) is 12.4 Å². The number of carbonyl (C=O) groups is 1. The van der Waals surface area contributed by atoms with Gasteiger partial charge in [0, 0.05) is 29.8 Å². The summed E-state index contributed by atoms with van der Waals surface area (Å²) in [6.07, 6.45) is 1.75. The van der Waals surface area contributed by atoms with E-state index >= 15 is 0 Å². The molecule has 0 spiro atoms. The molecule has 4 N–H and O–H groups in total. The fraction of sp³-hybridized carbons (Fsp3) is 0.231. The number of primary amides is 1. The Morgan fingerprint density at radius 1 is 1.14 bits per heavy atom. The van der Waals surface area contributed by atoms with Crippen LogP contribution >= 0.6 is 0 Å². The molecule has 5 aromatic rings. The minimum atomic E-state index is -0.528. The van der Waals surface area contributed by atoms with Gasteiger partial charge in [0.2, 0.25) is 17.7 Å². The molecule has 0 aliphatic rings. The summed E-state index contributed by atoms with van der Waals surface area (Å²) in [6.45, 7) is 7.46. The third-order valence-electron chi connectivity index (χ3n) is 5.77. The normalized spacial score (nSPS) is 11.4. The van der Waals surface area contributed by atoms with Crippen LogP contribution in [0.1, 0.15) is 35.7 Å². The first kappa shape index (κ1) is 23.2. The summed E-state index contributed by atoms with van der Waals surface area (Å²) in [5.74, 6) is 1.28. The van der Waals surface area contributed by atoms with Crippen LogP contribution in [0.2, 0.25) is 0 Å². The second kappa shape index (κ2) is 8.88. The molecule has 10 heteroatoms. The molecule has 3 aromatic heterocycles. The van der Waals surface area contributed by atoms with Gasteiger partial charge in [-0.25, -0.2) is 4.98 Å². The van der Waals surface area contributed by atoms with E-state index in [-0.39, 0.29) is 6.10 Å². The molecule has 0 saturated carbocycles. The van der Waals surface area contributed by atoms with Gasteiger partial charge in [0.05, 0.1) is 24.3 Å². The number of methoxy groups -OCH3 is 1. The number of carbonyl (C=O) groups excluding carboxylic acids is 1. The number of aromatic amines is 1. The smallest absolute Gasteiger partial charge is 0.249 e. The van der Waals surface area contributed by atoms with Gasteiger partial charge in [-0.1, -0.05) is 6.07 Å². The molecule has 1 amide bonds. The molecule has 5 rings (SSSR count). The summed E-state index contributed by atoms with van der Waals surface area (Å²) < 4.78 is 17.4. The second-order valence-corrected chi connectivity index (χ2v) is 8.67. The third-order valence-corrected chi connectivity index (χ3v) is 5.77. The third kappa shape index (κ3) is 4.06. The van der Waals surface area contributed by atoms with Crippen molar-refractivity contribution in [2.45, 2.75) is 33.8 Å². The number of nitrogens with one attached hydrogen (secondary N) is 2. The van der Waals surface area contributed by atoms with Crippen LogP contribution in [0.15, 0.2) is 40.9 Å². The molecule has 0 fully saturated rings. The number of aryl methyl sites for hydroxylation is 1. The second-order valence-electron chi connectivity index (χ2n) is 8.67. The fourth-order valence-corrected chi connectivity index (χ4v) is 4.24. The van der Waals surface area contributed by atoms with Crippen molar-refractivity contribution in [3.05, 3.63) is 53.5 Å². The maximum atomic E-state index is 11.7. The lowest BCUT2D eigenvalue weighted by atomic mass is 10.1. The molecule has 0 bridgehead atoms. The molecular weight excluding hydrogens is 460 g/mol. The van der Waals surface area contributed by atoms with Crippen LogP contribution in [-0.2, 0) is 0 Å². The zero-order valence-electron chi connectivity index (χ0n) is 20.6. The number of ether oxygens (including phenoxy) is 2. The van der Waals surface area contributed by atoms with Gasteiger partial charge in [-0.2, -0.15) is 9.97 Å². The molecule has 10 nitrogen and oxygen atoms in total. The first-order valence-electron chi connectivity index (χ1n) is 11.4. The zero-order chi connectivity index (χ0) is 25.6. The largest absolute Gasteiger partial charge is 0.494 e. The number of benzene rings is 2. The summed E-state index contributed by atoms with van der Waals surface area (Å²) in [5, 5.41) is 3.94. The quantitative estimate of drug-likeness (QED) is 0.291. The van der Waals surface area contributed by atoms with E-state index < -0.39 is 5.91 Å². The molecule has 0 unspecified atom stereocenters. The number of fused-ring (bicyclic) bond motifs is 2. The fourth-order valence-electron chi connectivity index (χ4n) is 4.24. The number of H-pyrrole nitrogens is 1. The first-order chi connectivity index (χ1) is 17.2. The van der Waals surface area contributed by atoms with E-state index in [1.54, 1.807) is 19.1 Å². The summed E-state index contributed by atoms with van der Waals surface area (Å²) >= 11 is 0. The highest BCUT2D eigenvalue weighted by atomic mass is 16.5. The maximum absolute atomic E-state index is 11.7. The first-order valence-corrected chi connectivity index (χ1v) is 11.4. The SMILES string of the molecule is COc1c(Nc2nc(OC(C)C)c3c(-c4ccc5nc(C)oc5c4)c[nH]c3n2)ccc(C(N)=O)c1C. The number of oxazole rings is 1. The van der Waals surface area contributed by atoms with E-state index in [9.17, 15) is 4.79 Å². The zero-order valence-corrected chi connectivity index (χ0v) is 20.6. The van der Waals surface area contributed by atoms with Gasteiger partial charge in [0.15, 0.2) is 11.5 Å². The molecule has 0 aliphatic heterocycles. The van der Waals surface area contributed by atoms with E-state index in [0.717, 1.165) is 22.0 Å². The van der Waals surface area contributed by atoms with E-state index in [4.69, 9.17) is 19.6 Å². The number of anilines is 2. The maximum Gasteiger partial charge on any atom is 0.249 e. The number of nitrogens with two attached hydrogens (primary N) is 1. The van der Waals surface area contributed by atoms with Gasteiger partial charge in [-0.05, 0) is 50.6 Å². The average Bonchev–Trinajstić information content (AvgIpc) is 3.40. The molecule has 2 aromatic carbocycles. The molecular formula is C26H26N6O4. The van der Waals surface area contributed by atoms with Crippen molar-refractivity contribution in [1.29, 1.82) is 0 Å². The number of nitrogens with zero attached hydrogens (tertiary/aromatic N) is 3. The van der Waals surface area contributed by atoms with Crippen LogP contribution in [-0.4, -0.2) is 39.1 Å².